The number of carbonyl (C=O) groups excluding carboxylic acids is 1. The number of halogens is 1. The zero-order valence-electron chi connectivity index (χ0n) is 17.2. The van der Waals surface area contributed by atoms with Crippen LogP contribution in [0.4, 0.5) is 15.8 Å². The van der Waals surface area contributed by atoms with Crippen molar-refractivity contribution in [2.45, 2.75) is 38.7 Å². The molecular weight excluding hydrogens is 395 g/mol. The summed E-state index contributed by atoms with van der Waals surface area (Å²) in [4.78, 5) is 16.4. The van der Waals surface area contributed by atoms with Crippen LogP contribution in [0.5, 0.6) is 0 Å². The molecule has 1 heterocycles. The third-order valence-corrected chi connectivity index (χ3v) is 5.44. The Kier molecular flexibility index (Phi) is 5.83. The van der Waals surface area contributed by atoms with Crippen molar-refractivity contribution in [2.24, 2.45) is 5.92 Å². The van der Waals surface area contributed by atoms with Crippen LogP contribution < -0.4 is 5.32 Å². The monoisotopic (exact) mass is 418 g/mol. The molecule has 1 amide bonds. The smallest absolute Gasteiger partial charge is 0.274 e. The molecule has 31 heavy (non-hydrogen) atoms. The second kappa shape index (κ2) is 8.70. The van der Waals surface area contributed by atoms with E-state index < -0.39 is 17.8 Å². The van der Waals surface area contributed by atoms with Crippen LogP contribution in [0.3, 0.4) is 0 Å². The van der Waals surface area contributed by atoms with E-state index in [1.165, 1.54) is 29.7 Å². The van der Waals surface area contributed by atoms with E-state index in [-0.39, 0.29) is 11.4 Å². The predicted molar refractivity (Wildman–Crippen MR) is 116 cm³/mol. The summed E-state index contributed by atoms with van der Waals surface area (Å²) in [5.41, 5.74) is 2.41. The number of nitrogens with one attached hydrogen (secondary N) is 1. The van der Waals surface area contributed by atoms with Crippen molar-refractivity contribution in [2.75, 3.05) is 5.32 Å². The fourth-order valence-electron chi connectivity index (χ4n) is 3.55. The van der Waals surface area contributed by atoms with Crippen molar-refractivity contribution in [3.63, 3.8) is 0 Å². The molecule has 1 aromatic heterocycles. The van der Waals surface area contributed by atoms with Gasteiger partial charge < -0.3 is 10.4 Å². The molecule has 0 radical (unpaired) electrons. The highest BCUT2D eigenvalue weighted by Crippen LogP contribution is 2.36. The average Bonchev–Trinajstić information content (AvgIpc) is 3.52. The molecule has 1 atom stereocenters. The van der Waals surface area contributed by atoms with Gasteiger partial charge in [0.05, 0.1) is 29.7 Å². The van der Waals surface area contributed by atoms with E-state index in [9.17, 15) is 14.3 Å². The van der Waals surface area contributed by atoms with Crippen molar-refractivity contribution < 1.29 is 14.3 Å². The van der Waals surface area contributed by atoms with Gasteiger partial charge in [-0.05, 0) is 61.6 Å². The third kappa shape index (κ3) is 4.81. The molecule has 158 valence electrons. The molecule has 2 aromatic carbocycles. The molecule has 0 bridgehead atoms. The Hall–Kier alpha value is -3.50. The number of nitrogens with zero attached hydrogens (tertiary/aromatic N) is 3. The zero-order chi connectivity index (χ0) is 22.0. The number of aliphatic hydroxyl groups is 1. The SMILES string of the molecule is [C-]#[N+]c1cccc(-n2nc(C)cc2C(=O)Nc2cc(C(O)CCC3CC3)ccc2F)c1. The molecule has 7 heteroatoms. The van der Waals surface area contributed by atoms with Crippen LogP contribution >= 0.6 is 0 Å². The first-order valence-corrected chi connectivity index (χ1v) is 10.3. The van der Waals surface area contributed by atoms with Crippen molar-refractivity contribution in [1.82, 2.24) is 9.78 Å². The van der Waals surface area contributed by atoms with Gasteiger partial charge in [-0.3, -0.25) is 4.79 Å². The molecule has 0 spiro atoms. The van der Waals surface area contributed by atoms with E-state index in [4.69, 9.17) is 6.57 Å². The molecule has 6 nitrogen and oxygen atoms in total. The third-order valence-electron chi connectivity index (χ3n) is 5.44. The molecule has 1 aliphatic rings. The highest BCUT2D eigenvalue weighted by atomic mass is 19.1. The van der Waals surface area contributed by atoms with E-state index in [0.29, 0.717) is 35.0 Å². The number of hydrogen-bond donors (Lipinski definition) is 2. The molecule has 0 aliphatic heterocycles. The number of benzene rings is 2. The number of amides is 1. The fraction of sp³-hybridized carbons (Fsp3) is 0.292. The van der Waals surface area contributed by atoms with Gasteiger partial charge in [0.2, 0.25) is 0 Å². The summed E-state index contributed by atoms with van der Waals surface area (Å²) < 4.78 is 15.8. The second-order valence-corrected chi connectivity index (χ2v) is 7.94. The quantitative estimate of drug-likeness (QED) is 0.508. The van der Waals surface area contributed by atoms with Crippen LogP contribution in [-0.2, 0) is 0 Å². The number of rotatable bonds is 7. The van der Waals surface area contributed by atoms with Crippen LogP contribution in [0, 0.1) is 25.2 Å². The van der Waals surface area contributed by atoms with E-state index >= 15 is 0 Å². The molecule has 2 N–H and O–H groups in total. The van der Waals surface area contributed by atoms with E-state index in [1.807, 2.05) is 0 Å². The van der Waals surface area contributed by atoms with Gasteiger partial charge in [0.15, 0.2) is 5.69 Å². The van der Waals surface area contributed by atoms with Crippen LogP contribution in [0.2, 0.25) is 0 Å². The Morgan fingerprint density at radius 3 is 2.87 bits per heavy atom. The summed E-state index contributed by atoms with van der Waals surface area (Å²) in [5, 5.41) is 17.4. The Morgan fingerprint density at radius 2 is 2.13 bits per heavy atom. The van der Waals surface area contributed by atoms with Crippen LogP contribution in [-0.4, -0.2) is 20.8 Å². The molecule has 3 aromatic rings. The Labute approximate surface area is 180 Å². The van der Waals surface area contributed by atoms with Crippen molar-refractivity contribution in [3.8, 4) is 5.69 Å². The summed E-state index contributed by atoms with van der Waals surface area (Å²) in [6.07, 6.45) is 3.29. The Morgan fingerprint density at radius 1 is 1.32 bits per heavy atom. The van der Waals surface area contributed by atoms with Gasteiger partial charge in [0.25, 0.3) is 5.91 Å². The first kappa shape index (κ1) is 20.8. The molecule has 0 saturated heterocycles. The van der Waals surface area contributed by atoms with Gasteiger partial charge in [-0.2, -0.15) is 5.10 Å². The first-order valence-electron chi connectivity index (χ1n) is 10.3. The minimum Gasteiger partial charge on any atom is -0.388 e. The van der Waals surface area contributed by atoms with Gasteiger partial charge >= 0.3 is 0 Å². The predicted octanol–water partition coefficient (Wildman–Crippen LogP) is 5.35. The lowest BCUT2D eigenvalue weighted by Crippen LogP contribution is -2.18. The topological polar surface area (TPSA) is 71.5 Å². The Bertz CT molecular complexity index is 1160. The minimum absolute atomic E-state index is 0.00767. The molecule has 1 unspecified atom stereocenters. The lowest BCUT2D eigenvalue weighted by atomic mass is 10.0. The van der Waals surface area contributed by atoms with Gasteiger partial charge in [-0.25, -0.2) is 13.9 Å². The summed E-state index contributed by atoms with van der Waals surface area (Å²) in [6, 6.07) is 12.7. The highest BCUT2D eigenvalue weighted by molar-refractivity contribution is 6.03. The maximum atomic E-state index is 14.4. The average molecular weight is 418 g/mol. The minimum atomic E-state index is -0.694. The number of aliphatic hydroxyl groups excluding tert-OH is 1. The second-order valence-electron chi connectivity index (χ2n) is 7.94. The molecular formula is C24H23FN4O2. The van der Waals surface area contributed by atoms with Gasteiger partial charge in [0, 0.05) is 0 Å². The molecule has 1 fully saturated rings. The maximum absolute atomic E-state index is 14.4. The van der Waals surface area contributed by atoms with Crippen LogP contribution in [0.1, 0.15) is 53.5 Å². The molecule has 1 saturated carbocycles. The largest absolute Gasteiger partial charge is 0.388 e. The lowest BCUT2D eigenvalue weighted by molar-refractivity contribution is 0.101. The van der Waals surface area contributed by atoms with Crippen molar-refractivity contribution in [1.29, 1.82) is 0 Å². The number of carbonyl (C=O) groups is 1. The van der Waals surface area contributed by atoms with Gasteiger partial charge in [0.1, 0.15) is 11.5 Å². The van der Waals surface area contributed by atoms with Crippen LogP contribution in [0.25, 0.3) is 10.5 Å². The molecule has 4 rings (SSSR count). The number of aromatic nitrogens is 2. The summed E-state index contributed by atoms with van der Waals surface area (Å²) in [7, 11) is 0. The fourth-order valence-corrected chi connectivity index (χ4v) is 3.55. The lowest BCUT2D eigenvalue weighted by Gasteiger charge is -2.14. The summed E-state index contributed by atoms with van der Waals surface area (Å²) in [6.45, 7) is 8.94. The molecule has 1 aliphatic carbocycles. The summed E-state index contributed by atoms with van der Waals surface area (Å²) >= 11 is 0. The highest BCUT2D eigenvalue weighted by Gasteiger charge is 2.23. The van der Waals surface area contributed by atoms with E-state index in [2.05, 4.69) is 15.3 Å². The zero-order valence-corrected chi connectivity index (χ0v) is 17.2. The normalized spacial score (nSPS) is 14.1. The summed E-state index contributed by atoms with van der Waals surface area (Å²) in [5.74, 6) is -0.416. The number of anilines is 1. The maximum Gasteiger partial charge on any atom is 0.274 e. The van der Waals surface area contributed by atoms with Gasteiger partial charge in [-0.1, -0.05) is 31.0 Å². The van der Waals surface area contributed by atoms with Gasteiger partial charge in [-0.15, -0.1) is 0 Å². The van der Waals surface area contributed by atoms with Crippen molar-refractivity contribution in [3.05, 3.63) is 82.7 Å². The Balaban J connectivity index is 1.57. The standard InChI is InChI=1S/C24H23FN4O2/c1-15-12-22(29(28-15)19-5-3-4-18(14-19)26-2)24(31)27-21-13-17(9-10-20(21)25)23(30)11-8-16-6-7-16/h3-5,9-10,12-14,16,23,30H,6-8,11H2,1H3,(H,27,31). The van der Waals surface area contributed by atoms with Crippen LogP contribution in [0.15, 0.2) is 48.5 Å². The van der Waals surface area contributed by atoms with E-state index in [1.54, 1.807) is 43.3 Å². The number of hydrogen-bond acceptors (Lipinski definition) is 3. The first-order chi connectivity index (χ1) is 14.9. The van der Waals surface area contributed by atoms with E-state index in [0.717, 1.165) is 6.42 Å². The number of aryl methyl sites for hydroxylation is 1. The van der Waals surface area contributed by atoms with Crippen molar-refractivity contribution >= 4 is 17.3 Å².